The van der Waals surface area contributed by atoms with Gasteiger partial charge < -0.3 is 13.7 Å². The summed E-state index contributed by atoms with van der Waals surface area (Å²) in [5.74, 6) is 0.460. The standard InChI is InChI=1S/C30H25NO7S2/c1-2-36-27-19-21(15-16-26(27)38-40(34,35)23-11-4-3-5-12-23)20-28-29(32)31(30(33)39-28)17-18-37-25-14-8-10-22-9-6-7-13-24(22)25/h3-16,19-20H,2,17-18H2,1H3/b28-20-. The van der Waals surface area contributed by atoms with Crippen LogP contribution in [0.3, 0.4) is 0 Å². The molecule has 4 aromatic rings. The van der Waals surface area contributed by atoms with E-state index in [1.54, 1.807) is 43.3 Å². The van der Waals surface area contributed by atoms with E-state index >= 15 is 0 Å². The van der Waals surface area contributed by atoms with E-state index in [1.807, 2.05) is 42.5 Å². The largest absolute Gasteiger partial charge is 0.491 e. The fraction of sp³-hybridized carbons (Fsp3) is 0.133. The van der Waals surface area contributed by atoms with E-state index < -0.39 is 21.3 Å². The van der Waals surface area contributed by atoms with E-state index in [1.165, 1.54) is 18.2 Å². The number of carbonyl (C=O) groups is 2. The van der Waals surface area contributed by atoms with Gasteiger partial charge in [-0.05, 0) is 66.0 Å². The Balaban J connectivity index is 1.29. The van der Waals surface area contributed by atoms with Gasteiger partial charge in [-0.25, -0.2) is 0 Å². The summed E-state index contributed by atoms with van der Waals surface area (Å²) in [7, 11) is -4.07. The Kier molecular flexibility index (Phi) is 8.09. The van der Waals surface area contributed by atoms with Crippen LogP contribution in [0, 0.1) is 0 Å². The monoisotopic (exact) mass is 575 g/mol. The van der Waals surface area contributed by atoms with Gasteiger partial charge in [0.1, 0.15) is 17.3 Å². The Morgan fingerprint density at radius 1 is 0.825 bits per heavy atom. The molecule has 0 N–H and O–H groups in total. The lowest BCUT2D eigenvalue weighted by Crippen LogP contribution is -2.32. The van der Waals surface area contributed by atoms with Gasteiger partial charge in [0.2, 0.25) is 0 Å². The lowest BCUT2D eigenvalue weighted by molar-refractivity contribution is -0.123. The molecule has 0 spiro atoms. The number of thioether (sulfide) groups is 1. The third-order valence-corrected chi connectivity index (χ3v) is 8.15. The second-order valence-electron chi connectivity index (χ2n) is 8.65. The molecule has 0 atom stereocenters. The van der Waals surface area contributed by atoms with Crippen molar-refractivity contribution >= 4 is 49.9 Å². The number of ether oxygens (including phenoxy) is 2. The molecule has 1 fully saturated rings. The van der Waals surface area contributed by atoms with Crippen molar-refractivity contribution in [2.75, 3.05) is 19.8 Å². The Labute approximate surface area is 236 Å². The van der Waals surface area contributed by atoms with Crippen molar-refractivity contribution in [1.82, 2.24) is 4.90 Å². The summed E-state index contributed by atoms with van der Waals surface area (Å²) in [6.45, 7) is 2.27. The highest BCUT2D eigenvalue weighted by atomic mass is 32.2. The topological polar surface area (TPSA) is 99.2 Å². The molecule has 0 radical (unpaired) electrons. The zero-order valence-corrected chi connectivity index (χ0v) is 23.1. The summed E-state index contributed by atoms with van der Waals surface area (Å²) in [5.41, 5.74) is 0.547. The van der Waals surface area contributed by atoms with E-state index in [0.29, 0.717) is 11.3 Å². The zero-order chi connectivity index (χ0) is 28.1. The molecule has 10 heteroatoms. The Morgan fingerprint density at radius 3 is 2.38 bits per heavy atom. The second kappa shape index (κ2) is 11.8. The van der Waals surface area contributed by atoms with E-state index in [2.05, 4.69) is 0 Å². The summed E-state index contributed by atoms with van der Waals surface area (Å²) in [4.78, 5) is 27.0. The first-order valence-corrected chi connectivity index (χ1v) is 14.7. The van der Waals surface area contributed by atoms with Gasteiger partial charge in [-0.2, -0.15) is 8.42 Å². The molecule has 1 heterocycles. The number of hydrogen-bond donors (Lipinski definition) is 0. The van der Waals surface area contributed by atoms with Crippen LogP contribution in [0.15, 0.2) is 101 Å². The predicted molar refractivity (Wildman–Crippen MR) is 154 cm³/mol. The molecule has 0 saturated carbocycles. The van der Waals surface area contributed by atoms with Gasteiger partial charge in [0.05, 0.1) is 18.1 Å². The summed E-state index contributed by atoms with van der Waals surface area (Å²) in [6, 6.07) is 26.0. The quantitative estimate of drug-likeness (QED) is 0.165. The number of fused-ring (bicyclic) bond motifs is 1. The molecule has 8 nitrogen and oxygen atoms in total. The highest BCUT2D eigenvalue weighted by Crippen LogP contribution is 2.36. The zero-order valence-electron chi connectivity index (χ0n) is 21.5. The van der Waals surface area contributed by atoms with Crippen LogP contribution >= 0.6 is 11.8 Å². The Hall–Kier alpha value is -4.28. The highest BCUT2D eigenvalue weighted by molar-refractivity contribution is 8.18. The lowest BCUT2D eigenvalue weighted by Gasteiger charge is -2.14. The molecular formula is C30H25NO7S2. The van der Waals surface area contributed by atoms with Crippen molar-refractivity contribution < 1.29 is 31.7 Å². The van der Waals surface area contributed by atoms with Crippen LogP contribution in [0.2, 0.25) is 0 Å². The van der Waals surface area contributed by atoms with Gasteiger partial charge in [-0.1, -0.05) is 60.7 Å². The van der Waals surface area contributed by atoms with Crippen molar-refractivity contribution in [3.8, 4) is 17.2 Å². The molecule has 2 amide bonds. The molecule has 5 rings (SSSR count). The third kappa shape index (κ3) is 5.98. The lowest BCUT2D eigenvalue weighted by atomic mass is 10.1. The Bertz CT molecular complexity index is 1700. The fourth-order valence-electron chi connectivity index (χ4n) is 4.12. The number of amides is 2. The van der Waals surface area contributed by atoms with Gasteiger partial charge in [0.15, 0.2) is 11.5 Å². The third-order valence-electron chi connectivity index (χ3n) is 5.99. The van der Waals surface area contributed by atoms with Crippen molar-refractivity contribution in [2.24, 2.45) is 0 Å². The molecule has 0 aromatic heterocycles. The van der Waals surface area contributed by atoms with Gasteiger partial charge in [-0.3, -0.25) is 14.5 Å². The molecule has 204 valence electrons. The summed E-state index contributed by atoms with van der Waals surface area (Å²) < 4.78 is 42.2. The van der Waals surface area contributed by atoms with Crippen LogP contribution in [0.25, 0.3) is 16.8 Å². The smallest absolute Gasteiger partial charge is 0.339 e. The van der Waals surface area contributed by atoms with E-state index in [9.17, 15) is 18.0 Å². The predicted octanol–water partition coefficient (Wildman–Crippen LogP) is 6.12. The second-order valence-corrected chi connectivity index (χ2v) is 11.2. The highest BCUT2D eigenvalue weighted by Gasteiger charge is 2.35. The van der Waals surface area contributed by atoms with Crippen LogP contribution in [-0.4, -0.2) is 44.2 Å². The molecule has 1 saturated heterocycles. The maximum Gasteiger partial charge on any atom is 0.339 e. The summed E-state index contributed by atoms with van der Waals surface area (Å²) in [5, 5.41) is 1.60. The van der Waals surface area contributed by atoms with Crippen LogP contribution in [0.4, 0.5) is 4.79 Å². The molecule has 0 bridgehead atoms. The minimum atomic E-state index is -4.07. The molecule has 0 aliphatic carbocycles. The van der Waals surface area contributed by atoms with Crippen LogP contribution in [-0.2, 0) is 14.9 Å². The van der Waals surface area contributed by atoms with Gasteiger partial charge >= 0.3 is 10.1 Å². The van der Waals surface area contributed by atoms with Crippen molar-refractivity contribution in [3.63, 3.8) is 0 Å². The van der Waals surface area contributed by atoms with Gasteiger partial charge in [-0.15, -0.1) is 0 Å². The number of carbonyl (C=O) groups excluding carboxylic acids is 2. The number of rotatable bonds is 10. The molecule has 0 unspecified atom stereocenters. The maximum absolute atomic E-state index is 13.0. The molecular weight excluding hydrogens is 550 g/mol. The number of imide groups is 1. The van der Waals surface area contributed by atoms with E-state index in [4.69, 9.17) is 13.7 Å². The minimum absolute atomic E-state index is 0.0135. The molecule has 1 aliphatic rings. The number of nitrogens with zero attached hydrogens (tertiary/aromatic N) is 1. The van der Waals surface area contributed by atoms with Crippen LogP contribution < -0.4 is 13.7 Å². The summed E-state index contributed by atoms with van der Waals surface area (Å²) in [6.07, 6.45) is 1.56. The van der Waals surface area contributed by atoms with Crippen molar-refractivity contribution in [2.45, 2.75) is 11.8 Å². The molecule has 1 aliphatic heterocycles. The number of hydrogen-bond acceptors (Lipinski definition) is 8. The average Bonchev–Trinajstić information content (AvgIpc) is 3.22. The first-order valence-electron chi connectivity index (χ1n) is 12.5. The number of benzene rings is 4. The normalized spacial score (nSPS) is 14.6. The van der Waals surface area contributed by atoms with Crippen LogP contribution in [0.1, 0.15) is 12.5 Å². The van der Waals surface area contributed by atoms with Gasteiger partial charge in [0, 0.05) is 5.39 Å². The first-order chi connectivity index (χ1) is 19.4. The fourth-order valence-corrected chi connectivity index (χ4v) is 5.94. The molecule has 4 aromatic carbocycles. The maximum atomic E-state index is 13.0. The Morgan fingerprint density at radius 2 is 1.57 bits per heavy atom. The van der Waals surface area contributed by atoms with Crippen LogP contribution in [0.5, 0.6) is 17.2 Å². The van der Waals surface area contributed by atoms with E-state index in [0.717, 1.165) is 27.4 Å². The van der Waals surface area contributed by atoms with Crippen molar-refractivity contribution in [1.29, 1.82) is 0 Å². The van der Waals surface area contributed by atoms with Gasteiger partial charge in [0.25, 0.3) is 11.1 Å². The molecule has 40 heavy (non-hydrogen) atoms. The van der Waals surface area contributed by atoms with Crippen molar-refractivity contribution in [3.05, 3.63) is 101 Å². The SMILES string of the molecule is CCOc1cc(/C=C2\SC(=O)N(CCOc3cccc4ccccc34)C2=O)ccc1OS(=O)(=O)c1ccccc1. The minimum Gasteiger partial charge on any atom is -0.491 e. The summed E-state index contributed by atoms with van der Waals surface area (Å²) >= 11 is 0.831. The average molecular weight is 576 g/mol. The van der Waals surface area contributed by atoms with E-state index in [-0.39, 0.29) is 41.1 Å². The first kappa shape index (κ1) is 27.3.